The Hall–Kier alpha value is -1.67. The molecule has 0 unspecified atom stereocenters. The first-order valence-electron chi connectivity index (χ1n) is 8.62. The summed E-state index contributed by atoms with van der Waals surface area (Å²) in [6.45, 7) is 2.89. The van der Waals surface area contributed by atoms with Crippen LogP contribution >= 0.6 is 46.6 Å². The van der Waals surface area contributed by atoms with E-state index in [-0.39, 0.29) is 11.7 Å². The fourth-order valence-corrected chi connectivity index (χ4v) is 4.61. The molecule has 1 aromatic carbocycles. The molecule has 3 heterocycles. The third-order valence-corrected chi connectivity index (χ3v) is 6.17. The number of anilines is 1. The Morgan fingerprint density at radius 2 is 1.82 bits per heavy atom. The van der Waals surface area contributed by atoms with Crippen molar-refractivity contribution in [3.05, 3.63) is 51.6 Å². The molecule has 0 radical (unpaired) electrons. The SMILES string of the molecule is O=C(CSc1nnc2c(Cl)cc(Cl)cn12)N1CCN(c2cccc(Cl)c2)CC1. The zero-order valence-corrected chi connectivity index (χ0v) is 17.8. The highest BCUT2D eigenvalue weighted by molar-refractivity contribution is 7.99. The van der Waals surface area contributed by atoms with Gasteiger partial charge in [0, 0.05) is 43.1 Å². The quantitative estimate of drug-likeness (QED) is 0.553. The van der Waals surface area contributed by atoms with Gasteiger partial charge in [0.25, 0.3) is 0 Å². The van der Waals surface area contributed by atoms with Gasteiger partial charge in [0.1, 0.15) is 0 Å². The zero-order valence-electron chi connectivity index (χ0n) is 14.7. The summed E-state index contributed by atoms with van der Waals surface area (Å²) in [5.74, 6) is 0.350. The van der Waals surface area contributed by atoms with Crippen LogP contribution in [0.5, 0.6) is 0 Å². The number of carbonyl (C=O) groups is 1. The first kappa shape index (κ1) is 19.6. The number of thioether (sulfide) groups is 1. The van der Waals surface area contributed by atoms with E-state index in [9.17, 15) is 4.79 Å². The van der Waals surface area contributed by atoms with Crippen LogP contribution in [0.15, 0.2) is 41.7 Å². The second-order valence-electron chi connectivity index (χ2n) is 6.32. The maximum atomic E-state index is 12.6. The maximum Gasteiger partial charge on any atom is 0.233 e. The predicted octanol–water partition coefficient (Wildman–Crippen LogP) is 4.13. The molecule has 146 valence electrons. The van der Waals surface area contributed by atoms with E-state index in [0.29, 0.717) is 39.0 Å². The minimum absolute atomic E-state index is 0.0700. The highest BCUT2D eigenvalue weighted by atomic mass is 35.5. The predicted molar refractivity (Wildman–Crippen MR) is 114 cm³/mol. The molecule has 6 nitrogen and oxygen atoms in total. The number of amides is 1. The second-order valence-corrected chi connectivity index (χ2v) is 8.54. The highest BCUT2D eigenvalue weighted by Gasteiger charge is 2.22. The fourth-order valence-electron chi connectivity index (χ4n) is 3.11. The smallest absolute Gasteiger partial charge is 0.233 e. The first-order chi connectivity index (χ1) is 13.5. The summed E-state index contributed by atoms with van der Waals surface area (Å²) >= 11 is 19.6. The van der Waals surface area contributed by atoms with Gasteiger partial charge in [-0.2, -0.15) is 0 Å². The number of pyridine rings is 1. The summed E-state index contributed by atoms with van der Waals surface area (Å²) in [4.78, 5) is 16.7. The van der Waals surface area contributed by atoms with E-state index in [2.05, 4.69) is 15.1 Å². The average Bonchev–Trinajstić information content (AvgIpc) is 3.09. The zero-order chi connectivity index (χ0) is 19.7. The van der Waals surface area contributed by atoms with Crippen molar-refractivity contribution in [2.24, 2.45) is 0 Å². The van der Waals surface area contributed by atoms with Gasteiger partial charge in [-0.1, -0.05) is 52.6 Å². The van der Waals surface area contributed by atoms with Crippen LogP contribution in [0.4, 0.5) is 5.69 Å². The van der Waals surface area contributed by atoms with E-state index in [4.69, 9.17) is 34.8 Å². The van der Waals surface area contributed by atoms with Gasteiger partial charge in [-0.05, 0) is 24.3 Å². The van der Waals surface area contributed by atoms with Gasteiger partial charge in [-0.15, -0.1) is 10.2 Å². The van der Waals surface area contributed by atoms with Crippen molar-refractivity contribution in [1.29, 1.82) is 0 Å². The molecule has 0 saturated carbocycles. The van der Waals surface area contributed by atoms with Crippen LogP contribution in [0.25, 0.3) is 5.65 Å². The topological polar surface area (TPSA) is 53.7 Å². The molecular weight excluding hydrogens is 441 g/mol. The molecule has 1 saturated heterocycles. The van der Waals surface area contributed by atoms with Gasteiger partial charge in [0.2, 0.25) is 5.91 Å². The number of hydrogen-bond donors (Lipinski definition) is 0. The van der Waals surface area contributed by atoms with Crippen LogP contribution in [0, 0.1) is 0 Å². The van der Waals surface area contributed by atoms with Crippen molar-refractivity contribution in [2.45, 2.75) is 5.16 Å². The van der Waals surface area contributed by atoms with E-state index in [1.54, 1.807) is 16.7 Å². The summed E-state index contributed by atoms with van der Waals surface area (Å²) in [6.07, 6.45) is 1.69. The molecule has 0 aliphatic carbocycles. The summed E-state index contributed by atoms with van der Waals surface area (Å²) in [7, 11) is 0. The largest absolute Gasteiger partial charge is 0.368 e. The van der Waals surface area contributed by atoms with Gasteiger partial charge in [-0.3, -0.25) is 9.20 Å². The molecule has 4 rings (SSSR count). The van der Waals surface area contributed by atoms with Crippen LogP contribution in [0.2, 0.25) is 15.1 Å². The van der Waals surface area contributed by atoms with Gasteiger partial charge < -0.3 is 9.80 Å². The van der Waals surface area contributed by atoms with E-state index < -0.39 is 0 Å². The van der Waals surface area contributed by atoms with Crippen molar-refractivity contribution in [3.63, 3.8) is 0 Å². The molecule has 1 fully saturated rings. The van der Waals surface area contributed by atoms with Gasteiger partial charge >= 0.3 is 0 Å². The molecule has 0 N–H and O–H groups in total. The van der Waals surface area contributed by atoms with Crippen LogP contribution in [-0.4, -0.2) is 57.3 Å². The maximum absolute atomic E-state index is 12.6. The lowest BCUT2D eigenvalue weighted by Crippen LogP contribution is -2.49. The number of carbonyl (C=O) groups excluding carboxylic acids is 1. The average molecular weight is 457 g/mol. The summed E-state index contributed by atoms with van der Waals surface area (Å²) in [6, 6.07) is 9.39. The van der Waals surface area contributed by atoms with E-state index in [1.807, 2.05) is 29.2 Å². The van der Waals surface area contributed by atoms with Gasteiger partial charge in [0.15, 0.2) is 10.8 Å². The lowest BCUT2D eigenvalue weighted by Gasteiger charge is -2.36. The highest BCUT2D eigenvalue weighted by Crippen LogP contribution is 2.26. The number of aromatic nitrogens is 3. The van der Waals surface area contributed by atoms with Gasteiger partial charge in [-0.25, -0.2) is 0 Å². The normalized spacial score (nSPS) is 14.7. The Morgan fingerprint density at radius 1 is 1.04 bits per heavy atom. The number of piperazine rings is 1. The molecule has 10 heteroatoms. The van der Waals surface area contributed by atoms with Crippen molar-refractivity contribution in [2.75, 3.05) is 36.8 Å². The van der Waals surface area contributed by atoms with E-state index in [1.165, 1.54) is 11.8 Å². The van der Waals surface area contributed by atoms with Crippen molar-refractivity contribution in [3.8, 4) is 0 Å². The summed E-state index contributed by atoms with van der Waals surface area (Å²) in [5.41, 5.74) is 1.61. The molecule has 1 aliphatic heterocycles. The lowest BCUT2D eigenvalue weighted by molar-refractivity contribution is -0.128. The molecule has 28 heavy (non-hydrogen) atoms. The Balaban J connectivity index is 1.35. The van der Waals surface area contributed by atoms with E-state index in [0.717, 1.165) is 18.8 Å². The lowest BCUT2D eigenvalue weighted by atomic mass is 10.2. The molecular formula is C18H16Cl3N5OS. The number of halogens is 3. The first-order valence-corrected chi connectivity index (χ1v) is 10.7. The molecule has 2 aromatic heterocycles. The Kier molecular flexibility index (Phi) is 5.87. The molecule has 1 amide bonds. The fraction of sp³-hybridized carbons (Fsp3) is 0.278. The Morgan fingerprint density at radius 3 is 2.57 bits per heavy atom. The van der Waals surface area contributed by atoms with Crippen molar-refractivity contribution >= 4 is 63.8 Å². The van der Waals surface area contributed by atoms with Crippen molar-refractivity contribution < 1.29 is 4.79 Å². The standard InChI is InChI=1S/C18H16Cl3N5OS/c19-12-2-1-3-14(8-12)24-4-6-25(7-5-24)16(27)11-28-18-23-22-17-15(21)9-13(20)10-26(17)18/h1-3,8-10H,4-7,11H2. The number of nitrogens with zero attached hydrogens (tertiary/aromatic N) is 5. The molecule has 0 atom stereocenters. The summed E-state index contributed by atoms with van der Waals surface area (Å²) < 4.78 is 1.71. The molecule has 1 aliphatic rings. The monoisotopic (exact) mass is 455 g/mol. The number of benzene rings is 1. The van der Waals surface area contributed by atoms with Gasteiger partial charge in [0.05, 0.1) is 15.8 Å². The third kappa shape index (κ3) is 4.17. The summed E-state index contributed by atoms with van der Waals surface area (Å²) in [5, 5.41) is 10.4. The minimum Gasteiger partial charge on any atom is -0.368 e. The molecule has 0 spiro atoms. The molecule has 3 aromatic rings. The Bertz CT molecular complexity index is 1020. The number of rotatable bonds is 4. The Labute approximate surface area is 181 Å². The minimum atomic E-state index is 0.0700. The third-order valence-electron chi connectivity index (χ3n) is 4.53. The molecule has 0 bridgehead atoms. The van der Waals surface area contributed by atoms with Crippen LogP contribution in [-0.2, 0) is 4.79 Å². The van der Waals surface area contributed by atoms with Crippen LogP contribution < -0.4 is 4.90 Å². The number of fused-ring (bicyclic) bond motifs is 1. The number of hydrogen-bond acceptors (Lipinski definition) is 5. The van der Waals surface area contributed by atoms with Crippen molar-refractivity contribution in [1.82, 2.24) is 19.5 Å². The van der Waals surface area contributed by atoms with E-state index >= 15 is 0 Å². The second kappa shape index (κ2) is 8.37. The van der Waals surface area contributed by atoms with Crippen LogP contribution in [0.3, 0.4) is 0 Å². The van der Waals surface area contributed by atoms with Crippen LogP contribution in [0.1, 0.15) is 0 Å².